The first-order valence-corrected chi connectivity index (χ1v) is 7.78. The molecule has 2 fully saturated rings. The zero-order chi connectivity index (χ0) is 14.8. The summed E-state index contributed by atoms with van der Waals surface area (Å²) in [5, 5.41) is 19.2. The second kappa shape index (κ2) is 3.99. The molecule has 0 aromatic carbocycles. The van der Waals surface area contributed by atoms with Crippen molar-refractivity contribution in [2.45, 2.75) is 32.1 Å². The molecule has 2 saturated carbocycles. The normalized spacial score (nSPS) is 49.1. The summed E-state index contributed by atoms with van der Waals surface area (Å²) in [7, 11) is 0. The Morgan fingerprint density at radius 2 is 1.90 bits per heavy atom. The first-order valence-electron chi connectivity index (χ1n) is 7.78. The number of aliphatic carboxylic acids is 2. The number of fused-ring (bicyclic) bond motifs is 4. The number of carboxylic acids is 2. The third-order valence-electron chi connectivity index (χ3n) is 6.40. The topological polar surface area (TPSA) is 74.6 Å². The van der Waals surface area contributed by atoms with Gasteiger partial charge in [0.05, 0.1) is 11.3 Å². The predicted octanol–water partition coefficient (Wildman–Crippen LogP) is 2.71. The van der Waals surface area contributed by atoms with Crippen LogP contribution < -0.4 is 0 Å². The van der Waals surface area contributed by atoms with E-state index in [2.05, 4.69) is 18.2 Å². The SMILES string of the molecule is O=C(O)C1CC2(CC3(C(=O)O)CC4C=CC3C4)C=CC1C2. The van der Waals surface area contributed by atoms with E-state index in [0.29, 0.717) is 18.8 Å². The Morgan fingerprint density at radius 3 is 2.43 bits per heavy atom. The zero-order valence-electron chi connectivity index (χ0n) is 11.9. The van der Waals surface area contributed by atoms with Crippen LogP contribution in [0.1, 0.15) is 32.1 Å². The van der Waals surface area contributed by atoms with E-state index in [9.17, 15) is 19.8 Å². The van der Waals surface area contributed by atoms with Crippen LogP contribution in [-0.2, 0) is 9.59 Å². The summed E-state index contributed by atoms with van der Waals surface area (Å²) in [6, 6.07) is 0. The second-order valence-corrected chi connectivity index (χ2v) is 7.57. The van der Waals surface area contributed by atoms with Gasteiger partial charge in [0, 0.05) is 0 Å². The Bertz CT molecular complexity index is 577. The van der Waals surface area contributed by atoms with Crippen molar-refractivity contribution in [3.05, 3.63) is 24.3 Å². The van der Waals surface area contributed by atoms with Gasteiger partial charge in [0.15, 0.2) is 0 Å². The molecule has 0 amide bonds. The molecule has 6 atom stereocenters. The van der Waals surface area contributed by atoms with Gasteiger partial charge in [-0.15, -0.1) is 0 Å². The molecule has 0 aromatic rings. The molecule has 4 aliphatic rings. The van der Waals surface area contributed by atoms with Gasteiger partial charge in [0.25, 0.3) is 0 Å². The molecule has 4 rings (SSSR count). The van der Waals surface area contributed by atoms with Crippen molar-refractivity contribution < 1.29 is 19.8 Å². The molecular formula is C17H20O4. The molecule has 4 heteroatoms. The average molecular weight is 288 g/mol. The fourth-order valence-electron chi connectivity index (χ4n) is 5.53. The highest BCUT2D eigenvalue weighted by Crippen LogP contribution is 2.63. The van der Waals surface area contributed by atoms with Crippen LogP contribution >= 0.6 is 0 Å². The lowest BCUT2D eigenvalue weighted by Crippen LogP contribution is -2.40. The fraction of sp³-hybridized carbons (Fsp3) is 0.647. The summed E-state index contributed by atoms with van der Waals surface area (Å²) in [5.41, 5.74) is -0.878. The molecule has 0 heterocycles. The maximum absolute atomic E-state index is 12.0. The Hall–Kier alpha value is -1.58. The summed E-state index contributed by atoms with van der Waals surface area (Å²) in [6.45, 7) is 0. The van der Waals surface area contributed by atoms with Crippen molar-refractivity contribution >= 4 is 11.9 Å². The van der Waals surface area contributed by atoms with E-state index in [1.807, 2.05) is 6.08 Å². The van der Waals surface area contributed by atoms with Gasteiger partial charge in [0.2, 0.25) is 0 Å². The molecule has 0 saturated heterocycles. The van der Waals surface area contributed by atoms with Gasteiger partial charge in [-0.2, -0.15) is 0 Å². The number of hydrogen-bond donors (Lipinski definition) is 2. The van der Waals surface area contributed by atoms with Crippen LogP contribution in [0.5, 0.6) is 0 Å². The van der Waals surface area contributed by atoms with Crippen LogP contribution in [0.15, 0.2) is 24.3 Å². The average Bonchev–Trinajstić information content (AvgIpc) is 3.15. The van der Waals surface area contributed by atoms with Crippen LogP contribution in [0, 0.1) is 34.5 Å². The minimum absolute atomic E-state index is 0.0995. The lowest BCUT2D eigenvalue weighted by molar-refractivity contribution is -0.152. The number of carbonyl (C=O) groups is 2. The third kappa shape index (κ3) is 1.68. The summed E-state index contributed by atoms with van der Waals surface area (Å²) < 4.78 is 0. The van der Waals surface area contributed by atoms with E-state index in [0.717, 1.165) is 19.3 Å². The fourth-order valence-corrected chi connectivity index (χ4v) is 5.53. The molecule has 6 unspecified atom stereocenters. The second-order valence-electron chi connectivity index (χ2n) is 7.57. The van der Waals surface area contributed by atoms with Gasteiger partial charge in [0.1, 0.15) is 0 Å². The van der Waals surface area contributed by atoms with E-state index in [1.54, 1.807) is 0 Å². The predicted molar refractivity (Wildman–Crippen MR) is 75.5 cm³/mol. The number of allylic oxidation sites excluding steroid dienone is 4. The standard InChI is InChI=1S/C17H20O4/c18-14(19)13-8-16(4-3-11(13)7-16)9-17(15(20)21)6-10-1-2-12(17)5-10/h1-4,10-13H,5-9H2,(H,18,19)(H,20,21). The van der Waals surface area contributed by atoms with Gasteiger partial charge < -0.3 is 10.2 Å². The summed E-state index contributed by atoms with van der Waals surface area (Å²) in [5.74, 6) is -1.11. The van der Waals surface area contributed by atoms with Crippen molar-refractivity contribution in [3.8, 4) is 0 Å². The van der Waals surface area contributed by atoms with Crippen LogP contribution in [0.4, 0.5) is 0 Å². The highest BCUT2D eigenvalue weighted by molar-refractivity contribution is 5.77. The molecule has 4 nitrogen and oxygen atoms in total. The van der Waals surface area contributed by atoms with Crippen molar-refractivity contribution in [2.24, 2.45) is 34.5 Å². The van der Waals surface area contributed by atoms with E-state index < -0.39 is 17.4 Å². The Balaban J connectivity index is 1.64. The molecule has 2 N–H and O–H groups in total. The molecule has 4 aliphatic carbocycles. The lowest BCUT2D eigenvalue weighted by Gasteiger charge is -2.38. The molecule has 4 bridgehead atoms. The van der Waals surface area contributed by atoms with E-state index in [1.165, 1.54) is 0 Å². The van der Waals surface area contributed by atoms with Gasteiger partial charge >= 0.3 is 11.9 Å². The molecule has 0 aromatic heterocycles. The zero-order valence-corrected chi connectivity index (χ0v) is 11.9. The smallest absolute Gasteiger partial charge is 0.310 e. The van der Waals surface area contributed by atoms with Gasteiger partial charge in [-0.25, -0.2) is 0 Å². The summed E-state index contributed by atoms with van der Waals surface area (Å²) in [4.78, 5) is 23.4. The molecule has 112 valence electrons. The Labute approximate surface area is 123 Å². The third-order valence-corrected chi connectivity index (χ3v) is 6.40. The number of hydrogen-bond acceptors (Lipinski definition) is 2. The van der Waals surface area contributed by atoms with E-state index >= 15 is 0 Å². The van der Waals surface area contributed by atoms with Gasteiger partial charge in [-0.3, -0.25) is 9.59 Å². The summed E-state index contributed by atoms with van der Waals surface area (Å²) in [6.07, 6.45) is 12.1. The molecule has 21 heavy (non-hydrogen) atoms. The molecule has 0 aliphatic heterocycles. The van der Waals surface area contributed by atoms with Crippen molar-refractivity contribution in [1.29, 1.82) is 0 Å². The van der Waals surface area contributed by atoms with Crippen LogP contribution in [0.25, 0.3) is 0 Å². The minimum atomic E-state index is -0.733. The minimum Gasteiger partial charge on any atom is -0.481 e. The first-order chi connectivity index (χ1) is 9.94. The van der Waals surface area contributed by atoms with Gasteiger partial charge in [-0.1, -0.05) is 24.3 Å². The molecule has 0 radical (unpaired) electrons. The molecular weight excluding hydrogens is 268 g/mol. The quantitative estimate of drug-likeness (QED) is 0.780. The van der Waals surface area contributed by atoms with Crippen molar-refractivity contribution in [1.82, 2.24) is 0 Å². The monoisotopic (exact) mass is 288 g/mol. The van der Waals surface area contributed by atoms with Crippen LogP contribution in [-0.4, -0.2) is 22.2 Å². The highest BCUT2D eigenvalue weighted by Gasteiger charge is 2.60. The number of rotatable bonds is 4. The van der Waals surface area contributed by atoms with Crippen LogP contribution in [0.2, 0.25) is 0 Å². The van der Waals surface area contributed by atoms with Crippen molar-refractivity contribution in [3.63, 3.8) is 0 Å². The Morgan fingerprint density at radius 1 is 1.10 bits per heavy atom. The highest BCUT2D eigenvalue weighted by atomic mass is 16.4. The van der Waals surface area contributed by atoms with E-state index in [4.69, 9.17) is 0 Å². The Kier molecular flexibility index (Phi) is 2.49. The van der Waals surface area contributed by atoms with E-state index in [-0.39, 0.29) is 23.2 Å². The maximum atomic E-state index is 12.0. The van der Waals surface area contributed by atoms with Gasteiger partial charge in [-0.05, 0) is 55.3 Å². The lowest BCUT2D eigenvalue weighted by atomic mass is 9.64. The van der Waals surface area contributed by atoms with Crippen molar-refractivity contribution in [2.75, 3.05) is 0 Å². The van der Waals surface area contributed by atoms with Crippen LogP contribution in [0.3, 0.4) is 0 Å². The largest absolute Gasteiger partial charge is 0.481 e. The maximum Gasteiger partial charge on any atom is 0.310 e. The molecule has 0 spiro atoms. The summed E-state index contributed by atoms with van der Waals surface area (Å²) >= 11 is 0. The first kappa shape index (κ1) is 13.1. The number of carboxylic acid groups (broad SMARTS) is 2.